The maximum absolute atomic E-state index is 11.8. The summed E-state index contributed by atoms with van der Waals surface area (Å²) in [5.74, 6) is 0.882. The Morgan fingerprint density at radius 1 is 1.27 bits per heavy atom. The van der Waals surface area contributed by atoms with Crippen LogP contribution in [0.2, 0.25) is 0 Å². The molecule has 1 aromatic carbocycles. The largest absolute Gasteiger partial charge is 0.337 e. The zero-order valence-corrected chi connectivity index (χ0v) is 13.0. The first-order valence-electron chi connectivity index (χ1n) is 6.66. The van der Waals surface area contributed by atoms with Crippen molar-refractivity contribution in [3.8, 4) is 11.4 Å². The summed E-state index contributed by atoms with van der Waals surface area (Å²) in [4.78, 5) is 21.4. The van der Waals surface area contributed by atoms with Crippen molar-refractivity contribution in [2.24, 2.45) is 0 Å². The average Bonchev–Trinajstić information content (AvgIpc) is 2.99. The van der Waals surface area contributed by atoms with Gasteiger partial charge in [-0.1, -0.05) is 5.16 Å². The van der Waals surface area contributed by atoms with Crippen LogP contribution < -0.4 is 5.56 Å². The standard InChI is InChI=1S/C15H14N4O2S/c1-10-7-14(20)19(9-16-10)8-13-17-15(18-21-13)11-3-5-12(22-2)6-4-11/h3-7,9H,8H2,1-2H3. The van der Waals surface area contributed by atoms with E-state index in [1.807, 2.05) is 30.5 Å². The van der Waals surface area contributed by atoms with Crippen molar-refractivity contribution in [2.45, 2.75) is 18.4 Å². The summed E-state index contributed by atoms with van der Waals surface area (Å²) in [7, 11) is 0. The summed E-state index contributed by atoms with van der Waals surface area (Å²) in [5.41, 5.74) is 1.42. The van der Waals surface area contributed by atoms with Gasteiger partial charge in [0.25, 0.3) is 5.56 Å². The number of benzene rings is 1. The first-order chi connectivity index (χ1) is 10.7. The number of nitrogens with zero attached hydrogens (tertiary/aromatic N) is 4. The van der Waals surface area contributed by atoms with Crippen LogP contribution in [0.3, 0.4) is 0 Å². The molecule has 0 aliphatic heterocycles. The predicted molar refractivity (Wildman–Crippen MR) is 83.9 cm³/mol. The van der Waals surface area contributed by atoms with Crippen LogP contribution in [-0.4, -0.2) is 25.9 Å². The van der Waals surface area contributed by atoms with Crippen LogP contribution in [-0.2, 0) is 6.54 Å². The van der Waals surface area contributed by atoms with Gasteiger partial charge in [-0.25, -0.2) is 4.98 Å². The van der Waals surface area contributed by atoms with E-state index in [1.54, 1.807) is 18.7 Å². The Hall–Kier alpha value is -2.41. The van der Waals surface area contributed by atoms with Crippen LogP contribution in [0.4, 0.5) is 0 Å². The van der Waals surface area contributed by atoms with E-state index in [2.05, 4.69) is 15.1 Å². The second-order valence-corrected chi connectivity index (χ2v) is 5.62. The monoisotopic (exact) mass is 314 g/mol. The number of thioether (sulfide) groups is 1. The van der Waals surface area contributed by atoms with Gasteiger partial charge in [-0.3, -0.25) is 9.36 Å². The molecule has 0 radical (unpaired) electrons. The van der Waals surface area contributed by atoms with E-state index in [4.69, 9.17) is 4.52 Å². The molecule has 0 fully saturated rings. The van der Waals surface area contributed by atoms with Gasteiger partial charge in [0.05, 0.1) is 6.33 Å². The van der Waals surface area contributed by atoms with Crippen LogP contribution in [0, 0.1) is 6.92 Å². The average molecular weight is 314 g/mol. The summed E-state index contributed by atoms with van der Waals surface area (Å²) in [6.07, 6.45) is 3.50. The molecule has 0 atom stereocenters. The van der Waals surface area contributed by atoms with E-state index in [1.165, 1.54) is 21.9 Å². The van der Waals surface area contributed by atoms with E-state index in [0.29, 0.717) is 17.4 Å². The lowest BCUT2D eigenvalue weighted by atomic mass is 10.2. The Kier molecular flexibility index (Phi) is 4.06. The Balaban J connectivity index is 1.82. The van der Waals surface area contributed by atoms with E-state index >= 15 is 0 Å². The molecule has 0 aliphatic rings. The highest BCUT2D eigenvalue weighted by Gasteiger charge is 2.10. The maximum Gasteiger partial charge on any atom is 0.253 e. The number of aromatic nitrogens is 4. The third-order valence-corrected chi connectivity index (χ3v) is 3.88. The van der Waals surface area contributed by atoms with Crippen molar-refractivity contribution in [1.29, 1.82) is 0 Å². The van der Waals surface area contributed by atoms with Gasteiger partial charge in [0.1, 0.15) is 6.54 Å². The lowest BCUT2D eigenvalue weighted by Crippen LogP contribution is -2.20. The van der Waals surface area contributed by atoms with E-state index in [-0.39, 0.29) is 12.1 Å². The fourth-order valence-corrected chi connectivity index (χ4v) is 2.37. The van der Waals surface area contributed by atoms with Crippen molar-refractivity contribution in [3.63, 3.8) is 0 Å². The fourth-order valence-electron chi connectivity index (χ4n) is 1.96. The predicted octanol–water partition coefficient (Wildman–Crippen LogP) is 2.37. The van der Waals surface area contributed by atoms with Gasteiger partial charge < -0.3 is 4.52 Å². The van der Waals surface area contributed by atoms with Crippen LogP contribution in [0.1, 0.15) is 11.6 Å². The smallest absolute Gasteiger partial charge is 0.253 e. The summed E-state index contributed by atoms with van der Waals surface area (Å²) in [6, 6.07) is 9.37. The number of hydrogen-bond donors (Lipinski definition) is 0. The highest BCUT2D eigenvalue weighted by molar-refractivity contribution is 7.98. The second-order valence-electron chi connectivity index (χ2n) is 4.74. The molecule has 2 aromatic heterocycles. The zero-order valence-electron chi connectivity index (χ0n) is 12.2. The molecule has 22 heavy (non-hydrogen) atoms. The minimum absolute atomic E-state index is 0.142. The van der Waals surface area contributed by atoms with Gasteiger partial charge in [0.2, 0.25) is 11.7 Å². The Bertz CT molecular complexity index is 839. The Morgan fingerprint density at radius 2 is 2.05 bits per heavy atom. The number of aryl methyl sites for hydroxylation is 1. The molecular weight excluding hydrogens is 300 g/mol. The van der Waals surface area contributed by atoms with Crippen LogP contribution in [0.5, 0.6) is 0 Å². The topological polar surface area (TPSA) is 73.8 Å². The molecule has 6 nitrogen and oxygen atoms in total. The molecule has 0 spiro atoms. The molecule has 0 saturated heterocycles. The number of hydrogen-bond acceptors (Lipinski definition) is 6. The zero-order chi connectivity index (χ0) is 15.5. The Labute approximate surface area is 131 Å². The van der Waals surface area contributed by atoms with Crippen molar-refractivity contribution < 1.29 is 4.52 Å². The summed E-state index contributed by atoms with van der Waals surface area (Å²) >= 11 is 1.67. The summed E-state index contributed by atoms with van der Waals surface area (Å²) in [6.45, 7) is 1.98. The highest BCUT2D eigenvalue weighted by Crippen LogP contribution is 2.20. The van der Waals surface area contributed by atoms with Crippen LogP contribution >= 0.6 is 11.8 Å². The first kappa shape index (κ1) is 14.5. The molecule has 0 amide bonds. The van der Waals surface area contributed by atoms with Gasteiger partial charge in [0, 0.05) is 22.2 Å². The molecule has 0 aliphatic carbocycles. The van der Waals surface area contributed by atoms with Gasteiger partial charge in [0.15, 0.2) is 0 Å². The molecule has 7 heteroatoms. The number of rotatable bonds is 4. The van der Waals surface area contributed by atoms with E-state index in [0.717, 1.165) is 5.56 Å². The van der Waals surface area contributed by atoms with Crippen LogP contribution in [0.25, 0.3) is 11.4 Å². The molecule has 0 bridgehead atoms. The van der Waals surface area contributed by atoms with Gasteiger partial charge >= 0.3 is 0 Å². The SMILES string of the molecule is CSc1ccc(-c2noc(Cn3cnc(C)cc3=O)n2)cc1. The molecule has 2 heterocycles. The van der Waals surface area contributed by atoms with Gasteiger partial charge in [-0.2, -0.15) is 4.98 Å². The molecular formula is C15H14N4O2S. The minimum Gasteiger partial charge on any atom is -0.337 e. The molecule has 3 rings (SSSR count). The third-order valence-electron chi connectivity index (χ3n) is 3.14. The van der Waals surface area contributed by atoms with Gasteiger partial charge in [-0.15, -0.1) is 11.8 Å². The molecule has 0 N–H and O–H groups in total. The first-order valence-corrected chi connectivity index (χ1v) is 7.88. The highest BCUT2D eigenvalue weighted by atomic mass is 32.2. The molecule has 0 unspecified atom stereocenters. The quantitative estimate of drug-likeness (QED) is 0.688. The lowest BCUT2D eigenvalue weighted by molar-refractivity contribution is 0.369. The van der Waals surface area contributed by atoms with Crippen molar-refractivity contribution >= 4 is 11.8 Å². The summed E-state index contributed by atoms with van der Waals surface area (Å²) < 4.78 is 6.64. The third kappa shape index (κ3) is 3.09. The van der Waals surface area contributed by atoms with E-state index in [9.17, 15) is 4.79 Å². The maximum atomic E-state index is 11.8. The van der Waals surface area contributed by atoms with E-state index < -0.39 is 0 Å². The van der Waals surface area contributed by atoms with Crippen molar-refractivity contribution in [1.82, 2.24) is 19.7 Å². The van der Waals surface area contributed by atoms with Crippen molar-refractivity contribution in [2.75, 3.05) is 6.26 Å². The lowest BCUT2D eigenvalue weighted by Gasteiger charge is -2.00. The normalized spacial score (nSPS) is 10.8. The molecule has 3 aromatic rings. The van der Waals surface area contributed by atoms with Gasteiger partial charge in [-0.05, 0) is 37.4 Å². The fraction of sp³-hybridized carbons (Fsp3) is 0.200. The van der Waals surface area contributed by atoms with Crippen LogP contribution in [0.15, 0.2) is 50.9 Å². The minimum atomic E-state index is -0.142. The second kappa shape index (κ2) is 6.15. The summed E-state index contributed by atoms with van der Waals surface area (Å²) in [5, 5.41) is 3.96. The molecule has 0 saturated carbocycles. The molecule has 112 valence electrons. The Morgan fingerprint density at radius 3 is 2.73 bits per heavy atom. The van der Waals surface area contributed by atoms with Crippen molar-refractivity contribution in [3.05, 3.63) is 58.6 Å².